The minimum atomic E-state index is -5.24. The van der Waals surface area contributed by atoms with Crippen LogP contribution >= 0.6 is 7.82 Å². The zero-order chi connectivity index (χ0) is 47.3. The molecular weight excluding hydrogens is 881 g/mol. The van der Waals surface area contributed by atoms with Gasteiger partial charge >= 0.3 is 13.9 Å². The van der Waals surface area contributed by atoms with Gasteiger partial charge < -0.3 is 44.2 Å². The molecule has 0 bridgehead atoms. The number of unbranched alkanes of at least 4 members (excludes halogenated alkanes) is 4. The second-order valence-electron chi connectivity index (χ2n) is 18.1. The summed E-state index contributed by atoms with van der Waals surface area (Å²) in [5.41, 5.74) is 3.23. The number of benzene rings is 5. The summed E-state index contributed by atoms with van der Waals surface area (Å²) in [5.74, 6) is -1.34. The molecular formula is C52H62F3N4O7P. The van der Waals surface area contributed by atoms with Crippen LogP contribution in [-0.2, 0) is 34.4 Å². The average Bonchev–Trinajstić information content (AvgIpc) is 3.66. The van der Waals surface area contributed by atoms with Gasteiger partial charge in [0.25, 0.3) is 0 Å². The Labute approximate surface area is 391 Å². The van der Waals surface area contributed by atoms with E-state index < -0.39 is 36.9 Å². The molecule has 15 heteroatoms. The molecule has 2 heterocycles. The Balaban J connectivity index is 0.981. The second-order valence-corrected chi connectivity index (χ2v) is 19.2. The molecule has 5 aromatic carbocycles. The smallest absolute Gasteiger partial charge is 0.318 e. The van der Waals surface area contributed by atoms with Crippen molar-refractivity contribution in [1.82, 2.24) is 15.5 Å². The van der Waals surface area contributed by atoms with Gasteiger partial charge in [0.2, 0.25) is 0 Å². The molecule has 0 saturated carbocycles. The number of phosphoric ester groups is 1. The first-order chi connectivity index (χ1) is 32.3. The molecule has 2 saturated heterocycles. The molecule has 2 atom stereocenters. The molecule has 2 unspecified atom stereocenters. The number of quaternary nitrogens is 1. The molecule has 0 aliphatic carbocycles. The van der Waals surface area contributed by atoms with E-state index in [-0.39, 0.29) is 37.5 Å². The number of halogens is 3. The zero-order valence-corrected chi connectivity index (χ0v) is 38.7. The highest BCUT2D eigenvalue weighted by atomic mass is 31.2. The summed E-state index contributed by atoms with van der Waals surface area (Å²) >= 11 is 0. The van der Waals surface area contributed by atoms with Gasteiger partial charge in [-0.3, -0.25) is 4.57 Å². The number of carbonyl (C=O) groups is 1. The third kappa shape index (κ3) is 14.0. The summed E-state index contributed by atoms with van der Waals surface area (Å²) in [6.07, 6.45) is 7.28. The highest BCUT2D eigenvalue weighted by Crippen LogP contribution is 2.41. The molecule has 2 aliphatic rings. The van der Waals surface area contributed by atoms with Gasteiger partial charge in [-0.25, -0.2) is 18.0 Å². The van der Waals surface area contributed by atoms with Gasteiger partial charge in [-0.1, -0.05) is 85.6 Å². The van der Waals surface area contributed by atoms with E-state index in [9.17, 15) is 37.4 Å². The molecule has 7 rings (SSSR count). The van der Waals surface area contributed by atoms with Crippen LogP contribution in [0.1, 0.15) is 90.9 Å². The summed E-state index contributed by atoms with van der Waals surface area (Å²) in [7, 11) is -5.24. The number of aliphatic hydroxyl groups is 1. The number of nitrogens with zero attached hydrogens (tertiary/aromatic N) is 2. The number of piperidine rings is 1. The fourth-order valence-electron chi connectivity index (χ4n) is 9.64. The lowest BCUT2D eigenvalue weighted by atomic mass is 9.83. The lowest BCUT2D eigenvalue weighted by molar-refractivity contribution is -0.958. The van der Waals surface area contributed by atoms with Crippen molar-refractivity contribution in [1.29, 1.82) is 0 Å². The first kappa shape index (κ1) is 49.8. The summed E-state index contributed by atoms with van der Waals surface area (Å²) < 4.78 is 66.3. The normalized spacial score (nSPS) is 19.5. The van der Waals surface area contributed by atoms with Gasteiger partial charge in [0.05, 0.1) is 25.7 Å². The Bertz CT molecular complexity index is 2350. The van der Waals surface area contributed by atoms with Crippen molar-refractivity contribution in [2.75, 3.05) is 45.9 Å². The summed E-state index contributed by atoms with van der Waals surface area (Å²) in [4.78, 5) is 37.7. The lowest BCUT2D eigenvalue weighted by Crippen LogP contribution is -2.56. The molecule has 0 aromatic heterocycles. The minimum absolute atomic E-state index is 0.0814. The fourth-order valence-corrected chi connectivity index (χ4v) is 10.1. The Morgan fingerprint density at radius 3 is 2.07 bits per heavy atom. The Morgan fingerprint density at radius 1 is 0.776 bits per heavy atom. The van der Waals surface area contributed by atoms with E-state index in [0.29, 0.717) is 71.3 Å². The number of aliphatic hydroxyl groups excluding tert-OH is 1. The predicted molar refractivity (Wildman–Crippen MR) is 249 cm³/mol. The van der Waals surface area contributed by atoms with Crippen LogP contribution in [-0.4, -0.2) is 77.4 Å². The molecule has 358 valence electrons. The van der Waals surface area contributed by atoms with E-state index in [1.807, 2.05) is 12.1 Å². The van der Waals surface area contributed by atoms with Crippen LogP contribution in [0.2, 0.25) is 0 Å². The van der Waals surface area contributed by atoms with Gasteiger partial charge in [0, 0.05) is 49.8 Å². The zero-order valence-electron chi connectivity index (χ0n) is 37.8. The van der Waals surface area contributed by atoms with Crippen LogP contribution < -0.4 is 20.1 Å². The van der Waals surface area contributed by atoms with Crippen molar-refractivity contribution in [3.63, 3.8) is 0 Å². The Kier molecular flexibility index (Phi) is 17.3. The van der Waals surface area contributed by atoms with E-state index in [2.05, 4.69) is 34.9 Å². The molecule has 11 nitrogen and oxygen atoms in total. The first-order valence-corrected chi connectivity index (χ1v) is 24.9. The van der Waals surface area contributed by atoms with Gasteiger partial charge in [0.1, 0.15) is 41.8 Å². The SMILES string of the molecule is O=C1NC(c2ccc(F)cc2)(c2ccc(F)cc2)CN1C1CC[N+](Cc2cccc(F)c2)(Cc2cc(C(O)CNCCCCCCOCCCCc3ccccc3)ccc2OP(=O)([O-])O)CC1. The Hall–Kier alpha value is -5.05. The second kappa shape index (κ2) is 23.3. The molecule has 2 amide bonds. The van der Waals surface area contributed by atoms with Crippen molar-refractivity contribution in [2.24, 2.45) is 0 Å². The highest BCUT2D eigenvalue weighted by Gasteiger charge is 2.49. The monoisotopic (exact) mass is 942 g/mol. The van der Waals surface area contributed by atoms with E-state index >= 15 is 0 Å². The van der Waals surface area contributed by atoms with Crippen molar-refractivity contribution in [3.8, 4) is 5.75 Å². The van der Waals surface area contributed by atoms with Crippen molar-refractivity contribution < 1.29 is 51.2 Å². The molecule has 2 fully saturated rings. The van der Waals surface area contributed by atoms with E-state index in [0.717, 1.165) is 58.2 Å². The van der Waals surface area contributed by atoms with E-state index in [1.54, 1.807) is 47.4 Å². The average molecular weight is 943 g/mol. The van der Waals surface area contributed by atoms with Crippen LogP contribution in [0.15, 0.2) is 121 Å². The molecule has 0 radical (unpaired) electrons. The summed E-state index contributed by atoms with van der Waals surface area (Å²) in [5, 5.41) is 17.8. The van der Waals surface area contributed by atoms with E-state index in [4.69, 9.17) is 9.26 Å². The molecule has 5 aromatic rings. The number of phosphoric acid groups is 1. The number of urea groups is 1. The van der Waals surface area contributed by atoms with Gasteiger partial charge in [-0.05, 0) is 109 Å². The topological polar surface area (TPSA) is 143 Å². The Morgan fingerprint density at radius 2 is 1.42 bits per heavy atom. The number of amides is 2. The highest BCUT2D eigenvalue weighted by molar-refractivity contribution is 7.45. The van der Waals surface area contributed by atoms with Crippen molar-refractivity contribution in [2.45, 2.75) is 88.6 Å². The summed E-state index contributed by atoms with van der Waals surface area (Å²) in [6, 6.07) is 32.7. The number of hydrogen-bond acceptors (Lipinski definition) is 7. The molecule has 0 spiro atoms. The fraction of sp³-hybridized carbons (Fsp3) is 0.404. The standard InChI is InChI=1S/C52H62F3N4O7P/c53-45-21-17-43(18-22-45)52(44-19-23-46(54)24-20-44)38-58(51(61)57-52)48-26-29-59(30-27-48,36-40-14-10-15-47(55)33-40)37-42-34-41(16-25-50(42)66-67(62,63)64)49(60)35-56-28-7-1-2-8-31-65-32-9-6-13-39-11-4-3-5-12-39/h3-5,10-12,14-25,33-34,48-49,56,60H,1-2,6-9,13,26-32,35-38H2,(H2-,57,61,62,63,64). The molecule has 4 N–H and O–H groups in total. The number of likely N-dealkylation sites (tertiary alicyclic amines) is 1. The number of rotatable bonds is 24. The third-order valence-corrected chi connectivity index (χ3v) is 13.6. The first-order valence-electron chi connectivity index (χ1n) is 23.4. The van der Waals surface area contributed by atoms with Crippen LogP contribution in [0.3, 0.4) is 0 Å². The maximum absolute atomic E-state index is 14.6. The largest absolute Gasteiger partial charge is 0.746 e. The third-order valence-electron chi connectivity index (χ3n) is 13.1. The number of aryl methyl sites for hydroxylation is 1. The maximum atomic E-state index is 14.6. The lowest BCUT2D eigenvalue weighted by Gasteiger charge is -2.46. The minimum Gasteiger partial charge on any atom is -0.746 e. The molecule has 2 aliphatic heterocycles. The van der Waals surface area contributed by atoms with Crippen LogP contribution in [0.4, 0.5) is 18.0 Å². The maximum Gasteiger partial charge on any atom is 0.318 e. The van der Waals surface area contributed by atoms with E-state index in [1.165, 1.54) is 48.0 Å². The van der Waals surface area contributed by atoms with Gasteiger partial charge in [0.15, 0.2) is 0 Å². The van der Waals surface area contributed by atoms with Crippen molar-refractivity contribution >= 4 is 13.9 Å². The van der Waals surface area contributed by atoms with Crippen LogP contribution in [0, 0.1) is 17.5 Å². The number of ether oxygens (including phenoxy) is 1. The van der Waals surface area contributed by atoms with Gasteiger partial charge in [-0.15, -0.1) is 0 Å². The van der Waals surface area contributed by atoms with Crippen LogP contribution in [0.5, 0.6) is 5.75 Å². The quantitative estimate of drug-likeness (QED) is 0.0273. The molecule has 67 heavy (non-hydrogen) atoms. The van der Waals surface area contributed by atoms with Crippen LogP contribution in [0.25, 0.3) is 0 Å². The van der Waals surface area contributed by atoms with Gasteiger partial charge in [-0.2, -0.15) is 0 Å². The number of carbonyl (C=O) groups excluding carboxylic acids is 1. The summed E-state index contributed by atoms with van der Waals surface area (Å²) in [6.45, 7) is 4.19. The number of nitrogens with one attached hydrogen (secondary N) is 2. The number of hydrogen-bond donors (Lipinski definition) is 4. The van der Waals surface area contributed by atoms with Crippen molar-refractivity contribution in [3.05, 3.63) is 172 Å². The predicted octanol–water partition coefficient (Wildman–Crippen LogP) is 8.81.